The molecule has 0 aromatic carbocycles. The van der Waals surface area contributed by atoms with Crippen LogP contribution in [-0.2, 0) is 14.3 Å². The van der Waals surface area contributed by atoms with Gasteiger partial charge in [0.2, 0.25) is 5.91 Å². The lowest BCUT2D eigenvalue weighted by molar-refractivity contribution is -0.143. The van der Waals surface area contributed by atoms with E-state index in [0.717, 1.165) is 83.5 Å². The molecule has 0 bridgehead atoms. The summed E-state index contributed by atoms with van der Waals surface area (Å²) in [6, 6.07) is -0.641. The Morgan fingerprint density at radius 2 is 0.725 bits per heavy atom. The fourth-order valence-electron chi connectivity index (χ4n) is 9.43. The van der Waals surface area contributed by atoms with E-state index in [0.29, 0.717) is 19.4 Å². The summed E-state index contributed by atoms with van der Waals surface area (Å²) in [7, 11) is 0. The van der Waals surface area contributed by atoms with Crippen molar-refractivity contribution < 1.29 is 24.5 Å². The smallest absolute Gasteiger partial charge is 0.305 e. The predicted molar refractivity (Wildman–Crippen MR) is 301 cm³/mol. The Labute approximate surface area is 430 Å². The second-order valence-corrected chi connectivity index (χ2v) is 21.0. The molecule has 0 aromatic heterocycles. The zero-order valence-corrected chi connectivity index (χ0v) is 46.3. The van der Waals surface area contributed by atoms with Gasteiger partial charge in [0.1, 0.15) is 0 Å². The summed E-state index contributed by atoms with van der Waals surface area (Å²) in [6.07, 6.45) is 73.2. The number of amides is 1. The number of allylic oxidation sites excluding steroid dienone is 5. The average Bonchev–Trinajstić information content (AvgIpc) is 3.35. The lowest BCUT2D eigenvalue weighted by Gasteiger charge is -2.20. The van der Waals surface area contributed by atoms with Gasteiger partial charge in [-0.1, -0.05) is 281 Å². The van der Waals surface area contributed by atoms with Crippen LogP contribution in [0.2, 0.25) is 0 Å². The summed E-state index contributed by atoms with van der Waals surface area (Å²) in [6.45, 7) is 4.88. The fraction of sp³-hybridized carbons (Fsp3) is 0.873. The number of nitrogens with one attached hydrogen (secondary N) is 1. The number of hydrogen-bond donors (Lipinski definition) is 3. The van der Waals surface area contributed by atoms with Crippen LogP contribution < -0.4 is 5.32 Å². The largest absolute Gasteiger partial charge is 0.466 e. The molecule has 0 rings (SSSR count). The van der Waals surface area contributed by atoms with Crippen molar-refractivity contribution in [3.05, 3.63) is 36.5 Å². The quantitative estimate of drug-likeness (QED) is 0.0321. The highest BCUT2D eigenvalue weighted by Gasteiger charge is 2.18. The highest BCUT2D eigenvalue weighted by molar-refractivity contribution is 5.76. The van der Waals surface area contributed by atoms with Gasteiger partial charge < -0.3 is 20.3 Å². The Hall–Kier alpha value is -1.92. The number of hydrogen-bond acceptors (Lipinski definition) is 5. The topological polar surface area (TPSA) is 95.9 Å². The van der Waals surface area contributed by atoms with Crippen LogP contribution in [-0.4, -0.2) is 47.4 Å². The first-order valence-corrected chi connectivity index (χ1v) is 30.8. The molecule has 0 fully saturated rings. The van der Waals surface area contributed by atoms with Gasteiger partial charge in [0.05, 0.1) is 25.4 Å². The molecule has 0 heterocycles. The lowest BCUT2D eigenvalue weighted by atomic mass is 10.0. The van der Waals surface area contributed by atoms with Gasteiger partial charge in [0.25, 0.3) is 0 Å². The Bertz CT molecular complexity index is 1120. The van der Waals surface area contributed by atoms with Crippen LogP contribution in [0.5, 0.6) is 0 Å². The normalized spacial score (nSPS) is 12.8. The van der Waals surface area contributed by atoms with Crippen molar-refractivity contribution in [1.82, 2.24) is 5.32 Å². The van der Waals surface area contributed by atoms with Crippen LogP contribution in [0, 0.1) is 0 Å². The fourth-order valence-corrected chi connectivity index (χ4v) is 9.43. The van der Waals surface area contributed by atoms with E-state index in [1.807, 2.05) is 6.08 Å². The van der Waals surface area contributed by atoms with Crippen molar-refractivity contribution in [2.75, 3.05) is 13.2 Å². The van der Waals surface area contributed by atoms with Gasteiger partial charge in [0, 0.05) is 12.8 Å². The number of aliphatic hydroxyl groups excluding tert-OH is 2. The first-order valence-electron chi connectivity index (χ1n) is 30.8. The standard InChI is InChI=1S/C63H119NO5/c1-3-5-7-9-11-13-15-17-19-20-21-22-23-25-28-31-35-39-43-47-51-55-61(66)60(59-65)64-62(67)56-52-48-44-40-36-32-29-26-24-27-30-34-38-42-46-50-54-58-69-63(68)57-53-49-45-41-37-33-18-16-14-12-10-8-6-4-2/h24,27,34,38,51,55,60-61,65-66H,3-23,25-26,28-33,35-37,39-50,52-54,56-59H2,1-2H3,(H,64,67)/b27-24-,38-34-,55-51+. The minimum Gasteiger partial charge on any atom is -0.466 e. The van der Waals surface area contributed by atoms with Gasteiger partial charge in [-0.15, -0.1) is 0 Å². The molecule has 0 radical (unpaired) electrons. The van der Waals surface area contributed by atoms with Gasteiger partial charge in [0.15, 0.2) is 0 Å². The molecular weight excluding hydrogens is 851 g/mol. The molecule has 0 aliphatic carbocycles. The molecule has 1 amide bonds. The minimum atomic E-state index is -0.856. The average molecular weight is 971 g/mol. The van der Waals surface area contributed by atoms with Crippen molar-refractivity contribution in [1.29, 1.82) is 0 Å². The first kappa shape index (κ1) is 67.1. The Kier molecular flexibility index (Phi) is 57.0. The number of rotatable bonds is 57. The van der Waals surface area contributed by atoms with Crippen LogP contribution in [0.25, 0.3) is 0 Å². The van der Waals surface area contributed by atoms with Gasteiger partial charge in [-0.2, -0.15) is 0 Å². The van der Waals surface area contributed by atoms with E-state index in [4.69, 9.17) is 4.74 Å². The molecule has 0 aliphatic rings. The Balaban J connectivity index is 3.52. The van der Waals surface area contributed by atoms with Gasteiger partial charge in [-0.25, -0.2) is 0 Å². The van der Waals surface area contributed by atoms with Gasteiger partial charge in [-0.05, 0) is 70.6 Å². The minimum absolute atomic E-state index is 0.0139. The number of aliphatic hydroxyl groups is 2. The van der Waals surface area contributed by atoms with Crippen molar-refractivity contribution in [3.8, 4) is 0 Å². The van der Waals surface area contributed by atoms with Crippen LogP contribution in [0.4, 0.5) is 0 Å². The molecule has 69 heavy (non-hydrogen) atoms. The highest BCUT2D eigenvalue weighted by atomic mass is 16.5. The Morgan fingerprint density at radius 3 is 1.10 bits per heavy atom. The van der Waals surface area contributed by atoms with Crippen molar-refractivity contribution >= 4 is 11.9 Å². The Morgan fingerprint density at radius 1 is 0.406 bits per heavy atom. The maximum absolute atomic E-state index is 12.5. The molecule has 406 valence electrons. The lowest BCUT2D eigenvalue weighted by Crippen LogP contribution is -2.45. The predicted octanol–water partition coefficient (Wildman–Crippen LogP) is 19.2. The molecule has 0 aromatic rings. The molecule has 0 saturated heterocycles. The number of esters is 1. The number of ether oxygens (including phenoxy) is 1. The van der Waals surface area contributed by atoms with E-state index in [2.05, 4.69) is 43.5 Å². The summed E-state index contributed by atoms with van der Waals surface area (Å²) in [5.41, 5.74) is 0. The summed E-state index contributed by atoms with van der Waals surface area (Å²) < 4.78 is 5.45. The third-order valence-corrected chi connectivity index (χ3v) is 14.2. The molecule has 0 aliphatic heterocycles. The molecule has 2 atom stereocenters. The van der Waals surface area contributed by atoms with E-state index < -0.39 is 12.1 Å². The second-order valence-electron chi connectivity index (χ2n) is 21.0. The summed E-state index contributed by atoms with van der Waals surface area (Å²) in [5.74, 6) is -0.0956. The maximum atomic E-state index is 12.5. The van der Waals surface area contributed by atoms with E-state index in [1.54, 1.807) is 6.08 Å². The van der Waals surface area contributed by atoms with Crippen LogP contribution >= 0.6 is 0 Å². The van der Waals surface area contributed by atoms with Crippen LogP contribution in [0.3, 0.4) is 0 Å². The van der Waals surface area contributed by atoms with Crippen molar-refractivity contribution in [2.45, 2.75) is 341 Å². The van der Waals surface area contributed by atoms with E-state index in [9.17, 15) is 19.8 Å². The maximum Gasteiger partial charge on any atom is 0.305 e. The third kappa shape index (κ3) is 55.2. The van der Waals surface area contributed by atoms with Crippen LogP contribution in [0.15, 0.2) is 36.5 Å². The van der Waals surface area contributed by atoms with Gasteiger partial charge >= 0.3 is 5.97 Å². The molecule has 6 nitrogen and oxygen atoms in total. The molecule has 3 N–H and O–H groups in total. The third-order valence-electron chi connectivity index (χ3n) is 14.2. The SMILES string of the molecule is CCCCCCCCCCCCCCCCCCCCC/C=C/C(O)C(CO)NC(=O)CCCCCCCCC/C=C\C/C=C\CCCCCOC(=O)CCCCCCCCCCCCCCCC. The monoisotopic (exact) mass is 970 g/mol. The zero-order valence-electron chi connectivity index (χ0n) is 46.3. The summed E-state index contributed by atoms with van der Waals surface area (Å²) >= 11 is 0. The zero-order chi connectivity index (χ0) is 50.0. The molecule has 2 unspecified atom stereocenters. The second kappa shape index (κ2) is 58.6. The number of carbonyl (C=O) groups is 2. The van der Waals surface area contributed by atoms with E-state index in [-0.39, 0.29) is 18.5 Å². The van der Waals surface area contributed by atoms with Crippen molar-refractivity contribution in [3.63, 3.8) is 0 Å². The van der Waals surface area contributed by atoms with Gasteiger partial charge in [-0.3, -0.25) is 9.59 Å². The molecule has 6 heteroatoms. The van der Waals surface area contributed by atoms with Crippen molar-refractivity contribution in [2.24, 2.45) is 0 Å². The van der Waals surface area contributed by atoms with E-state index >= 15 is 0 Å². The summed E-state index contributed by atoms with van der Waals surface area (Å²) in [4.78, 5) is 24.5. The number of unbranched alkanes of at least 4 members (excludes halogenated alkanes) is 42. The van der Waals surface area contributed by atoms with Crippen LogP contribution in [0.1, 0.15) is 328 Å². The van der Waals surface area contributed by atoms with E-state index in [1.165, 1.54) is 218 Å². The molecule has 0 saturated carbocycles. The number of carbonyl (C=O) groups excluding carboxylic acids is 2. The molecular formula is C63H119NO5. The highest BCUT2D eigenvalue weighted by Crippen LogP contribution is 2.17. The summed E-state index contributed by atoms with van der Waals surface area (Å²) in [5, 5.41) is 23.2. The first-order chi connectivity index (χ1) is 34.0. The molecule has 0 spiro atoms.